The van der Waals surface area contributed by atoms with E-state index in [9.17, 15) is 4.79 Å². The predicted octanol–water partition coefficient (Wildman–Crippen LogP) is 3.18. The molecule has 0 saturated heterocycles. The first-order valence-electron chi connectivity index (χ1n) is 5.06. The zero-order chi connectivity index (χ0) is 11.5. The van der Waals surface area contributed by atoms with E-state index in [1.54, 1.807) is 6.92 Å². The number of rotatable bonds is 4. The van der Waals surface area contributed by atoms with Crippen LogP contribution in [0.3, 0.4) is 0 Å². The van der Waals surface area contributed by atoms with Crippen LogP contribution in [0.1, 0.15) is 41.5 Å². The fraction of sp³-hybridized carbons (Fsp3) is 0.750. The maximum Gasteiger partial charge on any atom is 0.333 e. The van der Waals surface area contributed by atoms with Gasteiger partial charge in [-0.15, -0.1) is 0 Å². The summed E-state index contributed by atoms with van der Waals surface area (Å²) in [6.07, 6.45) is -0.0910. The fourth-order valence-electron chi connectivity index (χ4n) is 0.882. The fourth-order valence-corrected chi connectivity index (χ4v) is 0.882. The van der Waals surface area contributed by atoms with E-state index in [-0.39, 0.29) is 17.5 Å². The molecule has 0 aliphatic rings. The molecule has 0 amide bonds. The van der Waals surface area contributed by atoms with Crippen molar-refractivity contribution in [1.29, 1.82) is 0 Å². The SMILES string of the molecule is C=C(C)C(=O)OC(C)C(C)(C)C(C)C. The summed E-state index contributed by atoms with van der Waals surface area (Å²) in [6.45, 7) is 15.6. The Hall–Kier alpha value is -0.790. The van der Waals surface area contributed by atoms with Crippen molar-refractivity contribution in [2.45, 2.75) is 47.6 Å². The molecule has 0 radical (unpaired) electrons. The van der Waals surface area contributed by atoms with Gasteiger partial charge in [0.05, 0.1) is 0 Å². The van der Waals surface area contributed by atoms with Gasteiger partial charge in [0.2, 0.25) is 0 Å². The summed E-state index contributed by atoms with van der Waals surface area (Å²) in [6, 6.07) is 0. The van der Waals surface area contributed by atoms with E-state index >= 15 is 0 Å². The maximum absolute atomic E-state index is 11.3. The smallest absolute Gasteiger partial charge is 0.333 e. The standard InChI is InChI=1S/C12H22O2/c1-8(2)11(13)14-10(5)12(6,7)9(3)4/h9-10H,1H2,2-7H3. The number of hydrogen-bond donors (Lipinski definition) is 0. The minimum absolute atomic E-state index is 0.00882. The Balaban J connectivity index is 4.41. The lowest BCUT2D eigenvalue weighted by atomic mass is 9.77. The third kappa shape index (κ3) is 3.17. The monoisotopic (exact) mass is 198 g/mol. The summed E-state index contributed by atoms with van der Waals surface area (Å²) in [5.41, 5.74) is 0.446. The molecule has 0 heterocycles. The second-order valence-corrected chi connectivity index (χ2v) is 4.80. The average Bonchev–Trinajstić information content (AvgIpc) is 2.03. The lowest BCUT2D eigenvalue weighted by Gasteiger charge is -2.35. The zero-order valence-electron chi connectivity index (χ0n) is 10.2. The van der Waals surface area contributed by atoms with Crippen molar-refractivity contribution in [1.82, 2.24) is 0 Å². The highest BCUT2D eigenvalue weighted by Crippen LogP contribution is 2.32. The summed E-state index contributed by atoms with van der Waals surface area (Å²) >= 11 is 0. The van der Waals surface area contributed by atoms with E-state index < -0.39 is 0 Å². The number of ether oxygens (including phenoxy) is 1. The summed E-state index contributed by atoms with van der Waals surface area (Å²) in [7, 11) is 0. The molecule has 82 valence electrons. The molecule has 0 bridgehead atoms. The Labute approximate surface area is 87.3 Å². The maximum atomic E-state index is 11.3. The van der Waals surface area contributed by atoms with Crippen molar-refractivity contribution in [2.24, 2.45) is 11.3 Å². The van der Waals surface area contributed by atoms with Crippen LogP contribution in [0.15, 0.2) is 12.2 Å². The second kappa shape index (κ2) is 4.63. The van der Waals surface area contributed by atoms with Gasteiger partial charge in [-0.25, -0.2) is 4.79 Å². The molecule has 1 unspecified atom stereocenters. The van der Waals surface area contributed by atoms with Crippen molar-refractivity contribution in [3.8, 4) is 0 Å². The lowest BCUT2D eigenvalue weighted by Crippen LogP contribution is -2.35. The van der Waals surface area contributed by atoms with Gasteiger partial charge in [-0.05, 0) is 19.8 Å². The van der Waals surface area contributed by atoms with Crippen molar-refractivity contribution >= 4 is 5.97 Å². The topological polar surface area (TPSA) is 26.3 Å². The first kappa shape index (κ1) is 13.2. The summed E-state index contributed by atoms with van der Waals surface area (Å²) in [5.74, 6) is 0.168. The lowest BCUT2D eigenvalue weighted by molar-refractivity contribution is -0.150. The van der Waals surface area contributed by atoms with Gasteiger partial charge in [0.1, 0.15) is 6.10 Å². The first-order valence-corrected chi connectivity index (χ1v) is 5.06. The van der Waals surface area contributed by atoms with E-state index in [0.717, 1.165) is 0 Å². The Morgan fingerprint density at radius 3 is 2.00 bits per heavy atom. The van der Waals surface area contributed by atoms with E-state index in [1.807, 2.05) is 6.92 Å². The van der Waals surface area contributed by atoms with Crippen LogP contribution in [0.2, 0.25) is 0 Å². The molecule has 2 nitrogen and oxygen atoms in total. The zero-order valence-corrected chi connectivity index (χ0v) is 10.2. The molecule has 0 rings (SSSR count). The van der Waals surface area contributed by atoms with Crippen LogP contribution in [-0.4, -0.2) is 12.1 Å². The molecule has 0 aromatic carbocycles. The highest BCUT2D eigenvalue weighted by atomic mass is 16.5. The van der Waals surface area contributed by atoms with Gasteiger partial charge in [-0.2, -0.15) is 0 Å². The van der Waals surface area contributed by atoms with Gasteiger partial charge in [-0.1, -0.05) is 34.3 Å². The van der Waals surface area contributed by atoms with Crippen LogP contribution in [0.4, 0.5) is 0 Å². The van der Waals surface area contributed by atoms with Gasteiger partial charge in [0, 0.05) is 11.0 Å². The van der Waals surface area contributed by atoms with E-state index in [2.05, 4.69) is 34.3 Å². The Kier molecular flexibility index (Phi) is 4.37. The third-order valence-electron chi connectivity index (χ3n) is 3.17. The van der Waals surface area contributed by atoms with Crippen LogP contribution in [0.5, 0.6) is 0 Å². The molecule has 0 aromatic rings. The minimum Gasteiger partial charge on any atom is -0.459 e. The van der Waals surface area contributed by atoms with E-state index in [4.69, 9.17) is 4.74 Å². The highest BCUT2D eigenvalue weighted by Gasteiger charge is 2.32. The normalized spacial score (nSPS) is 13.9. The van der Waals surface area contributed by atoms with Gasteiger partial charge in [-0.3, -0.25) is 0 Å². The van der Waals surface area contributed by atoms with Crippen LogP contribution in [0.25, 0.3) is 0 Å². The molecule has 0 aliphatic carbocycles. The van der Waals surface area contributed by atoms with E-state index in [1.165, 1.54) is 0 Å². The number of esters is 1. The number of hydrogen-bond acceptors (Lipinski definition) is 2. The van der Waals surface area contributed by atoms with Crippen molar-refractivity contribution in [3.63, 3.8) is 0 Å². The first-order chi connectivity index (χ1) is 6.19. The molecule has 1 atom stereocenters. The molecule has 0 aliphatic heterocycles. The van der Waals surface area contributed by atoms with Crippen LogP contribution in [-0.2, 0) is 9.53 Å². The summed E-state index contributed by atoms with van der Waals surface area (Å²) in [5, 5.41) is 0. The summed E-state index contributed by atoms with van der Waals surface area (Å²) in [4.78, 5) is 11.3. The highest BCUT2D eigenvalue weighted by molar-refractivity contribution is 5.87. The summed E-state index contributed by atoms with van der Waals surface area (Å²) < 4.78 is 5.30. The molecular formula is C12H22O2. The molecule has 0 fully saturated rings. The quantitative estimate of drug-likeness (QED) is 0.512. The predicted molar refractivity (Wildman–Crippen MR) is 59.0 cm³/mol. The minimum atomic E-state index is -0.300. The van der Waals surface area contributed by atoms with Gasteiger partial charge in [0.15, 0.2) is 0 Å². The largest absolute Gasteiger partial charge is 0.459 e. The molecule has 0 saturated carbocycles. The molecule has 0 spiro atoms. The molecule has 0 N–H and O–H groups in total. The van der Waals surface area contributed by atoms with Gasteiger partial charge in [0.25, 0.3) is 0 Å². The van der Waals surface area contributed by atoms with Gasteiger partial charge < -0.3 is 4.74 Å². The van der Waals surface area contributed by atoms with Crippen LogP contribution < -0.4 is 0 Å². The third-order valence-corrected chi connectivity index (χ3v) is 3.17. The van der Waals surface area contributed by atoms with Crippen LogP contribution in [0, 0.1) is 11.3 Å². The second-order valence-electron chi connectivity index (χ2n) is 4.80. The molecule has 0 aromatic heterocycles. The van der Waals surface area contributed by atoms with Crippen molar-refractivity contribution in [2.75, 3.05) is 0 Å². The molecular weight excluding hydrogens is 176 g/mol. The average molecular weight is 198 g/mol. The molecule has 14 heavy (non-hydrogen) atoms. The van der Waals surface area contributed by atoms with Crippen LogP contribution >= 0.6 is 0 Å². The Morgan fingerprint density at radius 2 is 1.71 bits per heavy atom. The molecule has 2 heteroatoms. The number of carbonyl (C=O) groups is 1. The Morgan fingerprint density at radius 1 is 1.29 bits per heavy atom. The van der Waals surface area contributed by atoms with Crippen molar-refractivity contribution < 1.29 is 9.53 Å². The van der Waals surface area contributed by atoms with E-state index in [0.29, 0.717) is 11.5 Å². The van der Waals surface area contributed by atoms with Gasteiger partial charge >= 0.3 is 5.97 Å². The Bertz CT molecular complexity index is 226. The number of carbonyl (C=O) groups excluding carboxylic acids is 1. The van der Waals surface area contributed by atoms with Crippen molar-refractivity contribution in [3.05, 3.63) is 12.2 Å².